The van der Waals surface area contributed by atoms with Gasteiger partial charge in [0.15, 0.2) is 5.16 Å². The Morgan fingerprint density at radius 2 is 2.15 bits per heavy atom. The maximum atomic E-state index is 12.8. The number of carbonyl (C=O) groups is 1. The molecule has 0 radical (unpaired) electrons. The molecule has 8 heteroatoms. The summed E-state index contributed by atoms with van der Waals surface area (Å²) in [6.07, 6.45) is 0.838. The molecule has 3 heterocycles. The second kappa shape index (κ2) is 7.54. The van der Waals surface area contributed by atoms with E-state index in [1.807, 2.05) is 17.5 Å². The van der Waals surface area contributed by atoms with E-state index in [1.54, 1.807) is 43.4 Å². The molecule has 3 rings (SSSR count). The molecule has 0 amide bonds. The van der Waals surface area contributed by atoms with Crippen LogP contribution in [0.5, 0.6) is 0 Å². The summed E-state index contributed by atoms with van der Waals surface area (Å²) in [7, 11) is 0. The highest BCUT2D eigenvalue weighted by Crippen LogP contribution is 2.40. The molecule has 0 aromatic carbocycles. The predicted molar refractivity (Wildman–Crippen MR) is 110 cm³/mol. The first-order chi connectivity index (χ1) is 12.4. The molecule has 5 nitrogen and oxygen atoms in total. The molecule has 26 heavy (non-hydrogen) atoms. The van der Waals surface area contributed by atoms with E-state index >= 15 is 0 Å². The largest absolute Gasteiger partial charge is 0.465 e. The maximum absolute atomic E-state index is 12.8. The van der Waals surface area contributed by atoms with Gasteiger partial charge in [-0.15, -0.1) is 22.7 Å². The number of aromatic nitrogens is 2. The third-order valence-corrected chi connectivity index (χ3v) is 7.00. The standard InChI is InChI=1S/C18H20N2O3S3/c1-5-10-12(11-8-7-9-24-11)13-14(21)19-17(20-15(13)25-10)26-18(3,4)16(22)23-6-2/h7-9H,5-6H2,1-4H3,(H,19,20,21). The molecule has 0 aliphatic carbocycles. The average molecular weight is 409 g/mol. The van der Waals surface area contributed by atoms with Crippen molar-refractivity contribution in [3.8, 4) is 10.4 Å². The van der Waals surface area contributed by atoms with Gasteiger partial charge in [0, 0.05) is 15.3 Å². The number of H-pyrrole nitrogens is 1. The quantitative estimate of drug-likeness (QED) is 0.363. The van der Waals surface area contributed by atoms with Gasteiger partial charge in [-0.2, -0.15) is 0 Å². The minimum Gasteiger partial charge on any atom is -0.465 e. The number of nitrogens with zero attached hydrogens (tertiary/aromatic N) is 1. The molecule has 0 saturated heterocycles. The fourth-order valence-corrected chi connectivity index (χ4v) is 5.56. The third kappa shape index (κ3) is 3.58. The molecule has 138 valence electrons. The lowest BCUT2D eigenvalue weighted by Crippen LogP contribution is -2.30. The highest BCUT2D eigenvalue weighted by molar-refractivity contribution is 8.01. The van der Waals surface area contributed by atoms with Crippen molar-refractivity contribution in [2.24, 2.45) is 0 Å². The van der Waals surface area contributed by atoms with Gasteiger partial charge in [-0.05, 0) is 38.6 Å². The van der Waals surface area contributed by atoms with Gasteiger partial charge >= 0.3 is 5.97 Å². The first-order valence-corrected chi connectivity index (χ1v) is 10.8. The van der Waals surface area contributed by atoms with Crippen LogP contribution in [0.2, 0.25) is 0 Å². The van der Waals surface area contributed by atoms with Gasteiger partial charge in [-0.1, -0.05) is 24.8 Å². The van der Waals surface area contributed by atoms with Crippen molar-refractivity contribution in [2.45, 2.75) is 44.0 Å². The zero-order valence-electron chi connectivity index (χ0n) is 15.0. The Bertz CT molecular complexity index is 987. The van der Waals surface area contributed by atoms with E-state index in [2.05, 4.69) is 16.9 Å². The normalized spacial score (nSPS) is 11.8. The van der Waals surface area contributed by atoms with Crippen molar-refractivity contribution in [1.82, 2.24) is 9.97 Å². The number of esters is 1. The summed E-state index contributed by atoms with van der Waals surface area (Å²) in [5.41, 5.74) is 0.814. The second-order valence-corrected chi connectivity index (χ2v) is 9.76. The van der Waals surface area contributed by atoms with Crippen LogP contribution in [0, 0.1) is 0 Å². The number of aromatic amines is 1. The van der Waals surface area contributed by atoms with Crippen LogP contribution < -0.4 is 5.56 Å². The van der Waals surface area contributed by atoms with E-state index in [1.165, 1.54) is 11.8 Å². The molecule has 0 atom stereocenters. The molecule has 0 aliphatic heterocycles. The van der Waals surface area contributed by atoms with Crippen molar-refractivity contribution in [3.63, 3.8) is 0 Å². The molecule has 0 saturated carbocycles. The molecular formula is C18H20N2O3S3. The van der Waals surface area contributed by atoms with Gasteiger partial charge in [0.25, 0.3) is 5.56 Å². The van der Waals surface area contributed by atoms with E-state index in [0.29, 0.717) is 22.0 Å². The average Bonchev–Trinajstić information content (AvgIpc) is 3.21. The molecule has 0 spiro atoms. The number of fused-ring (bicyclic) bond motifs is 1. The van der Waals surface area contributed by atoms with Crippen LogP contribution in [0.15, 0.2) is 27.5 Å². The van der Waals surface area contributed by atoms with Gasteiger partial charge < -0.3 is 9.72 Å². The van der Waals surface area contributed by atoms with Crippen molar-refractivity contribution in [2.75, 3.05) is 6.61 Å². The van der Waals surface area contributed by atoms with Crippen molar-refractivity contribution < 1.29 is 9.53 Å². The van der Waals surface area contributed by atoms with Gasteiger partial charge in [0.05, 0.1) is 12.0 Å². The molecule has 0 fully saturated rings. The summed E-state index contributed by atoms with van der Waals surface area (Å²) in [6, 6.07) is 4.01. The zero-order valence-corrected chi connectivity index (χ0v) is 17.5. The Hall–Kier alpha value is -1.64. The van der Waals surface area contributed by atoms with E-state index in [4.69, 9.17) is 4.74 Å². The van der Waals surface area contributed by atoms with Gasteiger partial charge in [-0.25, -0.2) is 4.98 Å². The number of nitrogens with one attached hydrogen (secondary N) is 1. The number of thioether (sulfide) groups is 1. The number of aryl methyl sites for hydroxylation is 1. The summed E-state index contributed by atoms with van der Waals surface area (Å²) >= 11 is 4.37. The lowest BCUT2D eigenvalue weighted by Gasteiger charge is -2.20. The summed E-state index contributed by atoms with van der Waals surface area (Å²) in [5.74, 6) is -0.326. The van der Waals surface area contributed by atoms with E-state index in [9.17, 15) is 9.59 Å². The summed E-state index contributed by atoms with van der Waals surface area (Å²) in [4.78, 5) is 35.3. The zero-order chi connectivity index (χ0) is 18.9. The van der Waals surface area contributed by atoms with Crippen LogP contribution in [-0.2, 0) is 16.0 Å². The minimum atomic E-state index is -0.832. The van der Waals surface area contributed by atoms with Crippen LogP contribution >= 0.6 is 34.4 Å². The summed E-state index contributed by atoms with van der Waals surface area (Å²) in [6.45, 7) is 7.71. The molecular weight excluding hydrogens is 388 g/mol. The lowest BCUT2D eigenvalue weighted by molar-refractivity contribution is -0.145. The molecule has 0 bridgehead atoms. The van der Waals surface area contributed by atoms with E-state index in [-0.39, 0.29) is 11.5 Å². The van der Waals surface area contributed by atoms with E-state index in [0.717, 1.165) is 21.7 Å². The molecule has 3 aromatic rings. The van der Waals surface area contributed by atoms with Crippen LogP contribution in [0.4, 0.5) is 0 Å². The highest BCUT2D eigenvalue weighted by Gasteiger charge is 2.32. The Balaban J connectivity index is 2.07. The van der Waals surface area contributed by atoms with Crippen molar-refractivity contribution >= 4 is 50.6 Å². The number of rotatable bonds is 6. The number of thiophene rings is 2. The van der Waals surface area contributed by atoms with Crippen molar-refractivity contribution in [3.05, 3.63) is 32.7 Å². The first kappa shape index (κ1) is 19.1. The summed E-state index contributed by atoms with van der Waals surface area (Å²) < 4.78 is 4.28. The number of hydrogen-bond donors (Lipinski definition) is 1. The Morgan fingerprint density at radius 1 is 1.38 bits per heavy atom. The van der Waals surface area contributed by atoms with Gasteiger partial charge in [-0.3, -0.25) is 9.59 Å². The number of ether oxygens (including phenoxy) is 1. The van der Waals surface area contributed by atoms with Crippen LogP contribution in [0.1, 0.15) is 32.6 Å². The topological polar surface area (TPSA) is 72.0 Å². The summed E-state index contributed by atoms with van der Waals surface area (Å²) in [5, 5.41) is 3.07. The molecule has 3 aromatic heterocycles. The maximum Gasteiger partial charge on any atom is 0.322 e. The first-order valence-electron chi connectivity index (χ1n) is 8.33. The fourth-order valence-electron chi connectivity index (χ4n) is 2.60. The van der Waals surface area contributed by atoms with Crippen LogP contribution in [0.3, 0.4) is 0 Å². The van der Waals surface area contributed by atoms with Gasteiger partial charge in [0.1, 0.15) is 9.58 Å². The Labute approximate surface area is 163 Å². The monoisotopic (exact) mass is 408 g/mol. The van der Waals surface area contributed by atoms with Crippen molar-refractivity contribution in [1.29, 1.82) is 0 Å². The molecule has 0 unspecified atom stereocenters. The molecule has 0 aliphatic rings. The smallest absolute Gasteiger partial charge is 0.322 e. The lowest BCUT2D eigenvalue weighted by atomic mass is 10.1. The highest BCUT2D eigenvalue weighted by atomic mass is 32.2. The molecule has 1 N–H and O–H groups in total. The minimum absolute atomic E-state index is 0.170. The predicted octanol–water partition coefficient (Wildman–Crippen LogP) is 4.71. The fraction of sp³-hybridized carbons (Fsp3) is 0.389. The second-order valence-electron chi connectivity index (χ2n) is 6.12. The van der Waals surface area contributed by atoms with E-state index < -0.39 is 4.75 Å². The SMILES string of the molecule is CCOC(=O)C(C)(C)Sc1nc2sc(CC)c(-c3cccs3)c2c(=O)[nH]1. The van der Waals surface area contributed by atoms with Crippen LogP contribution in [-0.4, -0.2) is 27.3 Å². The Kier molecular flexibility index (Phi) is 5.55. The van der Waals surface area contributed by atoms with Gasteiger partial charge in [0.2, 0.25) is 0 Å². The third-order valence-electron chi connectivity index (χ3n) is 3.82. The Morgan fingerprint density at radius 3 is 2.77 bits per heavy atom. The van der Waals surface area contributed by atoms with Crippen LogP contribution in [0.25, 0.3) is 20.7 Å². The number of carbonyl (C=O) groups excluding carboxylic acids is 1. The number of hydrogen-bond acceptors (Lipinski definition) is 7.